The Balaban J connectivity index is 1.66. The molecule has 6 nitrogen and oxygen atoms in total. The standard InChI is InChI=1S/C21H25ClN2O4S/c1-13(2)18-11-19(22)14(3)9-20(18)28-12-21(25)23-16-5-4-6-17(10-16)29(26,27)24-15-7-8-15/h4-6,9-11,13,15,24H,7-8,12H2,1-3H3,(H,23,25). The van der Waals surface area contributed by atoms with E-state index < -0.39 is 10.0 Å². The normalized spacial score (nSPS) is 14.1. The van der Waals surface area contributed by atoms with E-state index in [0.717, 1.165) is 24.0 Å². The fraction of sp³-hybridized carbons (Fsp3) is 0.381. The van der Waals surface area contributed by atoms with Gasteiger partial charge in [-0.25, -0.2) is 13.1 Å². The highest BCUT2D eigenvalue weighted by Crippen LogP contribution is 2.32. The molecule has 1 amide bonds. The number of carbonyl (C=O) groups is 1. The van der Waals surface area contributed by atoms with Crippen LogP contribution in [0.4, 0.5) is 5.69 Å². The van der Waals surface area contributed by atoms with Gasteiger partial charge < -0.3 is 10.1 Å². The molecule has 1 aliphatic carbocycles. The maximum absolute atomic E-state index is 12.3. The second-order valence-electron chi connectivity index (χ2n) is 7.55. The summed E-state index contributed by atoms with van der Waals surface area (Å²) in [6.45, 7) is 5.73. The first-order chi connectivity index (χ1) is 13.7. The maximum atomic E-state index is 12.3. The third-order valence-electron chi connectivity index (χ3n) is 4.60. The fourth-order valence-corrected chi connectivity index (χ4v) is 4.34. The molecule has 0 atom stereocenters. The van der Waals surface area contributed by atoms with E-state index in [1.807, 2.05) is 32.9 Å². The van der Waals surface area contributed by atoms with Gasteiger partial charge in [0.1, 0.15) is 5.75 Å². The molecular formula is C21H25ClN2O4S. The van der Waals surface area contributed by atoms with E-state index in [2.05, 4.69) is 10.0 Å². The van der Waals surface area contributed by atoms with Gasteiger partial charge in [-0.2, -0.15) is 0 Å². The van der Waals surface area contributed by atoms with E-state index in [4.69, 9.17) is 16.3 Å². The minimum atomic E-state index is -3.58. The number of anilines is 1. The van der Waals surface area contributed by atoms with E-state index in [-0.39, 0.29) is 29.4 Å². The number of rotatable bonds is 8. The van der Waals surface area contributed by atoms with Crippen molar-refractivity contribution in [1.29, 1.82) is 0 Å². The average molecular weight is 437 g/mol. The van der Waals surface area contributed by atoms with Gasteiger partial charge in [-0.1, -0.05) is 31.5 Å². The van der Waals surface area contributed by atoms with Gasteiger partial charge in [0.25, 0.3) is 5.91 Å². The Labute approximate surface area is 176 Å². The van der Waals surface area contributed by atoms with Crippen molar-refractivity contribution in [3.8, 4) is 5.75 Å². The zero-order valence-corrected chi connectivity index (χ0v) is 18.2. The number of halogens is 1. The zero-order valence-electron chi connectivity index (χ0n) is 16.7. The summed E-state index contributed by atoms with van der Waals surface area (Å²) in [6.07, 6.45) is 1.71. The van der Waals surface area contributed by atoms with Crippen LogP contribution < -0.4 is 14.8 Å². The maximum Gasteiger partial charge on any atom is 0.262 e. The molecule has 2 aromatic carbocycles. The second-order valence-corrected chi connectivity index (χ2v) is 9.68. The quantitative estimate of drug-likeness (QED) is 0.648. The van der Waals surface area contributed by atoms with Crippen molar-refractivity contribution in [2.75, 3.05) is 11.9 Å². The number of aryl methyl sites for hydroxylation is 1. The van der Waals surface area contributed by atoms with E-state index in [0.29, 0.717) is 16.5 Å². The smallest absolute Gasteiger partial charge is 0.262 e. The molecule has 0 saturated heterocycles. The van der Waals surface area contributed by atoms with Crippen LogP contribution in [0.15, 0.2) is 41.3 Å². The van der Waals surface area contributed by atoms with Crippen LogP contribution in [0.5, 0.6) is 5.75 Å². The molecule has 0 heterocycles. The molecule has 0 bridgehead atoms. The van der Waals surface area contributed by atoms with Crippen LogP contribution in [-0.4, -0.2) is 27.0 Å². The Morgan fingerprint density at radius 3 is 2.62 bits per heavy atom. The SMILES string of the molecule is Cc1cc(OCC(=O)Nc2cccc(S(=O)(=O)NC3CC3)c2)c(C(C)C)cc1Cl. The number of sulfonamides is 1. The third kappa shape index (κ3) is 5.72. The molecule has 8 heteroatoms. The number of ether oxygens (including phenoxy) is 1. The van der Waals surface area contributed by atoms with E-state index >= 15 is 0 Å². The Morgan fingerprint density at radius 1 is 1.24 bits per heavy atom. The van der Waals surface area contributed by atoms with E-state index in [1.165, 1.54) is 12.1 Å². The number of hydrogen-bond donors (Lipinski definition) is 2. The van der Waals surface area contributed by atoms with Crippen LogP contribution >= 0.6 is 11.6 Å². The van der Waals surface area contributed by atoms with Crippen LogP contribution in [0.3, 0.4) is 0 Å². The zero-order chi connectivity index (χ0) is 21.2. The third-order valence-corrected chi connectivity index (χ3v) is 6.52. The van der Waals surface area contributed by atoms with Crippen LogP contribution in [0.2, 0.25) is 5.02 Å². The lowest BCUT2D eigenvalue weighted by Gasteiger charge is -2.16. The Bertz CT molecular complexity index is 1020. The summed E-state index contributed by atoms with van der Waals surface area (Å²) in [5, 5.41) is 3.34. The summed E-state index contributed by atoms with van der Waals surface area (Å²) < 4.78 is 33.0. The van der Waals surface area contributed by atoms with Crippen molar-refractivity contribution in [2.24, 2.45) is 0 Å². The molecule has 0 unspecified atom stereocenters. The Hall–Kier alpha value is -2.09. The van der Waals surface area contributed by atoms with Crippen molar-refractivity contribution in [3.63, 3.8) is 0 Å². The highest BCUT2D eigenvalue weighted by atomic mass is 35.5. The molecule has 1 saturated carbocycles. The molecule has 3 rings (SSSR count). The van der Waals surface area contributed by atoms with Crippen LogP contribution in [-0.2, 0) is 14.8 Å². The molecule has 0 aliphatic heterocycles. The number of hydrogen-bond acceptors (Lipinski definition) is 4. The lowest BCUT2D eigenvalue weighted by Crippen LogP contribution is -2.26. The first-order valence-corrected chi connectivity index (χ1v) is 11.4. The first-order valence-electron chi connectivity index (χ1n) is 9.51. The number of nitrogens with one attached hydrogen (secondary N) is 2. The van der Waals surface area contributed by atoms with Gasteiger partial charge in [0, 0.05) is 16.8 Å². The minimum absolute atomic E-state index is 0.0182. The van der Waals surface area contributed by atoms with Gasteiger partial charge in [0.05, 0.1) is 4.90 Å². The molecule has 0 radical (unpaired) electrons. The molecule has 2 aromatic rings. The predicted molar refractivity (Wildman–Crippen MR) is 114 cm³/mol. The lowest BCUT2D eigenvalue weighted by molar-refractivity contribution is -0.118. The van der Waals surface area contributed by atoms with Gasteiger partial charge in [-0.3, -0.25) is 4.79 Å². The van der Waals surface area contributed by atoms with Gasteiger partial charge in [0.15, 0.2) is 6.61 Å². The molecule has 156 valence electrons. The number of carbonyl (C=O) groups excluding carboxylic acids is 1. The number of amides is 1. The summed E-state index contributed by atoms with van der Waals surface area (Å²) in [4.78, 5) is 12.5. The average Bonchev–Trinajstić information content (AvgIpc) is 3.45. The van der Waals surface area contributed by atoms with Crippen LogP contribution in [0, 0.1) is 6.92 Å². The van der Waals surface area contributed by atoms with Gasteiger partial charge in [-0.05, 0) is 67.1 Å². The monoisotopic (exact) mass is 436 g/mol. The second kappa shape index (κ2) is 8.73. The van der Waals surface area contributed by atoms with Crippen molar-refractivity contribution in [2.45, 2.75) is 50.5 Å². The van der Waals surface area contributed by atoms with Crippen molar-refractivity contribution in [3.05, 3.63) is 52.5 Å². The molecular weight excluding hydrogens is 412 g/mol. The van der Waals surface area contributed by atoms with Crippen molar-refractivity contribution in [1.82, 2.24) is 4.72 Å². The highest BCUT2D eigenvalue weighted by molar-refractivity contribution is 7.89. The van der Waals surface area contributed by atoms with Crippen molar-refractivity contribution >= 4 is 33.2 Å². The summed E-state index contributed by atoms with van der Waals surface area (Å²) in [7, 11) is -3.58. The molecule has 1 fully saturated rings. The Morgan fingerprint density at radius 2 is 1.97 bits per heavy atom. The summed E-state index contributed by atoms with van der Waals surface area (Å²) in [5.41, 5.74) is 2.19. The molecule has 1 aliphatic rings. The lowest BCUT2D eigenvalue weighted by atomic mass is 10.0. The summed E-state index contributed by atoms with van der Waals surface area (Å²) in [5.74, 6) is 0.422. The van der Waals surface area contributed by atoms with E-state index in [9.17, 15) is 13.2 Å². The topological polar surface area (TPSA) is 84.5 Å². The highest BCUT2D eigenvalue weighted by Gasteiger charge is 2.28. The van der Waals surface area contributed by atoms with Gasteiger partial charge in [0.2, 0.25) is 10.0 Å². The van der Waals surface area contributed by atoms with Gasteiger partial charge in [-0.15, -0.1) is 0 Å². The summed E-state index contributed by atoms with van der Waals surface area (Å²) in [6, 6.07) is 9.87. The first kappa shape index (κ1) is 21.6. The van der Waals surface area contributed by atoms with E-state index in [1.54, 1.807) is 12.1 Å². The fourth-order valence-electron chi connectivity index (χ4n) is 2.82. The van der Waals surface area contributed by atoms with Crippen molar-refractivity contribution < 1.29 is 17.9 Å². The van der Waals surface area contributed by atoms with Crippen LogP contribution in [0.1, 0.15) is 43.7 Å². The molecule has 2 N–H and O–H groups in total. The Kier molecular flexibility index (Phi) is 6.51. The molecule has 29 heavy (non-hydrogen) atoms. The molecule has 0 spiro atoms. The molecule has 0 aromatic heterocycles. The minimum Gasteiger partial charge on any atom is -0.483 e. The summed E-state index contributed by atoms with van der Waals surface area (Å²) >= 11 is 6.20. The van der Waals surface area contributed by atoms with Gasteiger partial charge >= 0.3 is 0 Å². The number of benzene rings is 2. The van der Waals surface area contributed by atoms with Crippen LogP contribution in [0.25, 0.3) is 0 Å². The largest absolute Gasteiger partial charge is 0.483 e. The predicted octanol–water partition coefficient (Wildman–Crippen LogP) is 4.23.